The summed E-state index contributed by atoms with van der Waals surface area (Å²) in [6.45, 7) is 3.23. The van der Waals surface area contributed by atoms with Gasteiger partial charge in [0.05, 0.1) is 18.4 Å². The van der Waals surface area contributed by atoms with Gasteiger partial charge in [0.15, 0.2) is 0 Å². The molecule has 1 heterocycles. The molecule has 0 fully saturated rings. The number of ether oxygens (including phenoxy) is 1. The lowest BCUT2D eigenvalue weighted by Gasteiger charge is -2.08. The molecular weight excluding hydrogens is 252 g/mol. The number of aromatic nitrogens is 2. The van der Waals surface area contributed by atoms with Crippen molar-refractivity contribution in [3.8, 4) is 11.8 Å². The molecule has 0 amide bonds. The molecule has 1 N–H and O–H groups in total. The fourth-order valence-electron chi connectivity index (χ4n) is 1.88. The zero-order valence-corrected chi connectivity index (χ0v) is 11.6. The molecule has 0 bridgehead atoms. The number of aryl methyl sites for hydroxylation is 1. The first kappa shape index (κ1) is 14.0. The zero-order chi connectivity index (χ0) is 14.4. The topological polar surface area (TPSA) is 70.8 Å². The van der Waals surface area contributed by atoms with Crippen LogP contribution in [0.2, 0.25) is 0 Å². The maximum atomic E-state index is 8.93. The summed E-state index contributed by atoms with van der Waals surface area (Å²) in [5, 5.41) is 12.2. The van der Waals surface area contributed by atoms with Crippen LogP contribution in [0.4, 0.5) is 0 Å². The summed E-state index contributed by atoms with van der Waals surface area (Å²) in [4.78, 5) is 8.39. The lowest BCUT2D eigenvalue weighted by atomic mass is 10.1. The Bertz CT molecular complexity index is 634. The van der Waals surface area contributed by atoms with Gasteiger partial charge in [0.25, 0.3) is 0 Å². The number of nitriles is 1. The predicted molar refractivity (Wildman–Crippen MR) is 75.0 cm³/mol. The predicted octanol–water partition coefficient (Wildman–Crippen LogP) is 1.96. The second kappa shape index (κ2) is 6.64. The van der Waals surface area contributed by atoms with E-state index in [9.17, 15) is 0 Å². The van der Waals surface area contributed by atoms with Crippen LogP contribution in [0, 0.1) is 18.3 Å². The summed E-state index contributed by atoms with van der Waals surface area (Å²) in [5.74, 6) is 1.37. The van der Waals surface area contributed by atoms with Gasteiger partial charge in [-0.3, -0.25) is 0 Å². The molecule has 0 spiro atoms. The Morgan fingerprint density at radius 2 is 2.15 bits per heavy atom. The van der Waals surface area contributed by atoms with Gasteiger partial charge in [-0.15, -0.1) is 0 Å². The number of nitrogens with one attached hydrogen (secondary N) is 1. The fraction of sp³-hybridized carbons (Fsp3) is 0.267. The minimum Gasteiger partial charge on any atom is -0.495 e. The Labute approximate surface area is 118 Å². The first-order valence-corrected chi connectivity index (χ1v) is 6.29. The molecule has 0 aliphatic heterocycles. The minimum absolute atomic E-state index is 0.544. The van der Waals surface area contributed by atoms with E-state index >= 15 is 0 Å². The molecule has 5 nitrogen and oxygen atoms in total. The molecule has 0 aliphatic rings. The van der Waals surface area contributed by atoms with Gasteiger partial charge in [0.1, 0.15) is 17.6 Å². The van der Waals surface area contributed by atoms with Gasteiger partial charge < -0.3 is 10.1 Å². The quantitative estimate of drug-likeness (QED) is 0.897. The van der Waals surface area contributed by atoms with Gasteiger partial charge in [-0.05, 0) is 30.7 Å². The number of rotatable bonds is 5. The molecule has 5 heteroatoms. The Hall–Kier alpha value is -2.45. The van der Waals surface area contributed by atoms with Crippen molar-refractivity contribution in [2.45, 2.75) is 20.0 Å². The van der Waals surface area contributed by atoms with E-state index in [2.05, 4.69) is 21.4 Å². The van der Waals surface area contributed by atoms with E-state index in [0.29, 0.717) is 24.4 Å². The number of methoxy groups -OCH3 is 1. The standard InChI is InChI=1S/C15H16N4O/c1-11-18-6-5-14(19-11)10-17-9-12-3-4-13(8-16)15(7-12)20-2/h3-7,17H,9-10H2,1-2H3. The molecular formula is C15H16N4O. The van der Waals surface area contributed by atoms with Gasteiger partial charge in [-0.1, -0.05) is 6.07 Å². The van der Waals surface area contributed by atoms with Crippen molar-refractivity contribution >= 4 is 0 Å². The first-order valence-electron chi connectivity index (χ1n) is 6.29. The smallest absolute Gasteiger partial charge is 0.136 e. The molecule has 0 atom stereocenters. The number of nitrogens with zero attached hydrogens (tertiary/aromatic N) is 3. The highest BCUT2D eigenvalue weighted by atomic mass is 16.5. The molecule has 0 saturated carbocycles. The molecule has 0 aliphatic carbocycles. The van der Waals surface area contributed by atoms with E-state index < -0.39 is 0 Å². The molecule has 0 radical (unpaired) electrons. The Kier molecular flexibility index (Phi) is 4.64. The monoisotopic (exact) mass is 268 g/mol. The van der Waals surface area contributed by atoms with E-state index in [-0.39, 0.29) is 0 Å². The molecule has 0 saturated heterocycles. The molecule has 102 valence electrons. The molecule has 0 unspecified atom stereocenters. The van der Waals surface area contributed by atoms with Gasteiger partial charge in [-0.25, -0.2) is 9.97 Å². The Balaban J connectivity index is 1.96. The summed E-state index contributed by atoms with van der Waals surface area (Å²) < 4.78 is 5.19. The minimum atomic E-state index is 0.544. The van der Waals surface area contributed by atoms with Crippen LogP contribution in [0.25, 0.3) is 0 Å². The van der Waals surface area contributed by atoms with Crippen molar-refractivity contribution in [3.05, 3.63) is 53.1 Å². The normalized spacial score (nSPS) is 10.1. The molecule has 2 aromatic rings. The number of hydrogen-bond acceptors (Lipinski definition) is 5. The van der Waals surface area contributed by atoms with Crippen LogP contribution in [0.15, 0.2) is 30.5 Å². The zero-order valence-electron chi connectivity index (χ0n) is 11.6. The van der Waals surface area contributed by atoms with Crippen molar-refractivity contribution in [2.24, 2.45) is 0 Å². The summed E-state index contributed by atoms with van der Waals surface area (Å²) >= 11 is 0. The van der Waals surface area contributed by atoms with Crippen molar-refractivity contribution in [3.63, 3.8) is 0 Å². The van der Waals surface area contributed by atoms with Crippen molar-refractivity contribution in [1.29, 1.82) is 5.26 Å². The van der Waals surface area contributed by atoms with E-state index in [1.807, 2.05) is 25.1 Å². The van der Waals surface area contributed by atoms with Crippen LogP contribution >= 0.6 is 0 Å². The van der Waals surface area contributed by atoms with Gasteiger partial charge in [-0.2, -0.15) is 5.26 Å². The lowest BCUT2D eigenvalue weighted by molar-refractivity contribution is 0.412. The molecule has 20 heavy (non-hydrogen) atoms. The van der Waals surface area contributed by atoms with Crippen LogP contribution in [0.5, 0.6) is 5.75 Å². The third-order valence-corrected chi connectivity index (χ3v) is 2.86. The molecule has 1 aromatic heterocycles. The van der Waals surface area contributed by atoms with Crippen LogP contribution < -0.4 is 10.1 Å². The van der Waals surface area contributed by atoms with Crippen LogP contribution in [-0.2, 0) is 13.1 Å². The van der Waals surface area contributed by atoms with Gasteiger partial charge >= 0.3 is 0 Å². The van der Waals surface area contributed by atoms with E-state index in [1.54, 1.807) is 19.4 Å². The van der Waals surface area contributed by atoms with Crippen molar-refractivity contribution in [1.82, 2.24) is 15.3 Å². The third kappa shape index (κ3) is 3.53. The largest absolute Gasteiger partial charge is 0.495 e. The summed E-state index contributed by atoms with van der Waals surface area (Å²) in [7, 11) is 1.57. The first-order chi connectivity index (χ1) is 9.72. The summed E-state index contributed by atoms with van der Waals surface area (Å²) in [6.07, 6.45) is 1.75. The van der Waals surface area contributed by atoms with Crippen LogP contribution in [0.3, 0.4) is 0 Å². The van der Waals surface area contributed by atoms with Crippen LogP contribution in [0.1, 0.15) is 22.6 Å². The maximum Gasteiger partial charge on any atom is 0.136 e. The maximum absolute atomic E-state index is 8.93. The fourth-order valence-corrected chi connectivity index (χ4v) is 1.88. The average Bonchev–Trinajstić information content (AvgIpc) is 2.47. The van der Waals surface area contributed by atoms with E-state index in [1.165, 1.54) is 0 Å². The van der Waals surface area contributed by atoms with Gasteiger partial charge in [0, 0.05) is 19.3 Å². The highest BCUT2D eigenvalue weighted by molar-refractivity contribution is 5.45. The molecule has 2 rings (SSSR count). The van der Waals surface area contributed by atoms with Crippen molar-refractivity contribution in [2.75, 3.05) is 7.11 Å². The Morgan fingerprint density at radius 1 is 1.30 bits per heavy atom. The second-order valence-electron chi connectivity index (χ2n) is 4.35. The molecule has 1 aromatic carbocycles. The SMILES string of the molecule is COc1cc(CNCc2ccnc(C)n2)ccc1C#N. The van der Waals surface area contributed by atoms with E-state index in [4.69, 9.17) is 10.00 Å². The summed E-state index contributed by atoms with van der Waals surface area (Å²) in [5.41, 5.74) is 2.56. The highest BCUT2D eigenvalue weighted by Gasteiger charge is 2.03. The number of hydrogen-bond donors (Lipinski definition) is 1. The Morgan fingerprint density at radius 3 is 2.85 bits per heavy atom. The van der Waals surface area contributed by atoms with Crippen molar-refractivity contribution < 1.29 is 4.74 Å². The third-order valence-electron chi connectivity index (χ3n) is 2.86. The second-order valence-corrected chi connectivity index (χ2v) is 4.35. The van der Waals surface area contributed by atoms with Crippen LogP contribution in [-0.4, -0.2) is 17.1 Å². The lowest BCUT2D eigenvalue weighted by Crippen LogP contribution is -2.14. The average molecular weight is 268 g/mol. The summed E-state index contributed by atoms with van der Waals surface area (Å²) in [6, 6.07) is 9.54. The highest BCUT2D eigenvalue weighted by Crippen LogP contribution is 2.19. The van der Waals surface area contributed by atoms with E-state index in [0.717, 1.165) is 17.1 Å². The number of benzene rings is 1. The van der Waals surface area contributed by atoms with Gasteiger partial charge in [0.2, 0.25) is 0 Å².